The summed E-state index contributed by atoms with van der Waals surface area (Å²) in [6, 6.07) is 0. The Hall–Kier alpha value is 0.0700. The molecule has 0 aromatic rings. The molecule has 2 heterocycles. The van der Waals surface area contributed by atoms with E-state index in [-0.39, 0.29) is 12.2 Å². The molecular formula is C9H16O3S. The van der Waals surface area contributed by atoms with E-state index in [1.165, 1.54) is 0 Å². The first-order valence-electron chi connectivity index (χ1n) is 4.68. The van der Waals surface area contributed by atoms with Crippen molar-refractivity contribution in [1.82, 2.24) is 0 Å². The van der Waals surface area contributed by atoms with Crippen LogP contribution in [0.15, 0.2) is 0 Å². The van der Waals surface area contributed by atoms with Gasteiger partial charge in [0.1, 0.15) is 0 Å². The van der Waals surface area contributed by atoms with Crippen molar-refractivity contribution in [2.75, 3.05) is 11.5 Å². The summed E-state index contributed by atoms with van der Waals surface area (Å²) in [4.78, 5) is 0. The van der Waals surface area contributed by atoms with E-state index in [0.717, 1.165) is 5.75 Å². The van der Waals surface area contributed by atoms with Crippen LogP contribution in [0, 0.1) is 5.92 Å². The number of rotatable bonds is 0. The van der Waals surface area contributed by atoms with Crippen LogP contribution in [0.3, 0.4) is 0 Å². The monoisotopic (exact) mass is 204 g/mol. The van der Waals surface area contributed by atoms with Gasteiger partial charge in [-0.3, -0.25) is 4.21 Å². The Morgan fingerprint density at radius 1 is 1.31 bits per heavy atom. The van der Waals surface area contributed by atoms with Crippen molar-refractivity contribution in [1.29, 1.82) is 0 Å². The van der Waals surface area contributed by atoms with E-state index in [4.69, 9.17) is 9.47 Å². The molecule has 0 spiro atoms. The number of hydrogen-bond donors (Lipinski definition) is 0. The molecule has 76 valence electrons. The van der Waals surface area contributed by atoms with Gasteiger partial charge in [-0.1, -0.05) is 6.92 Å². The molecule has 13 heavy (non-hydrogen) atoms. The fraction of sp³-hybridized carbons (Fsp3) is 1.00. The summed E-state index contributed by atoms with van der Waals surface area (Å²) in [7, 11) is -0.719. The van der Waals surface area contributed by atoms with Crippen LogP contribution < -0.4 is 0 Å². The average molecular weight is 204 g/mol. The lowest BCUT2D eigenvalue weighted by atomic mass is 10.0. The highest BCUT2D eigenvalue weighted by Crippen LogP contribution is 2.35. The van der Waals surface area contributed by atoms with Gasteiger partial charge in [-0.25, -0.2) is 0 Å². The second-order valence-corrected chi connectivity index (χ2v) is 5.94. The number of fused-ring (bicyclic) bond motifs is 1. The van der Waals surface area contributed by atoms with Crippen LogP contribution in [-0.2, 0) is 20.3 Å². The van der Waals surface area contributed by atoms with Crippen LogP contribution >= 0.6 is 0 Å². The standard InChI is InChI=1S/C9H16O3S/c1-6-4-13(10)5-7-8(6)12-9(2,3)11-7/h6-8H,4-5H2,1-3H3/t6-,7+,8-,13?/m1/s1. The summed E-state index contributed by atoms with van der Waals surface area (Å²) in [5.74, 6) is 1.25. The number of hydrogen-bond acceptors (Lipinski definition) is 3. The van der Waals surface area contributed by atoms with Crippen LogP contribution in [0.1, 0.15) is 20.8 Å². The smallest absolute Gasteiger partial charge is 0.163 e. The molecule has 0 bridgehead atoms. The average Bonchev–Trinajstić information content (AvgIpc) is 2.23. The minimum absolute atomic E-state index is 0.0413. The number of ether oxygens (including phenoxy) is 2. The van der Waals surface area contributed by atoms with Crippen molar-refractivity contribution in [3.8, 4) is 0 Å². The quantitative estimate of drug-likeness (QED) is 0.588. The second kappa shape index (κ2) is 3.04. The topological polar surface area (TPSA) is 35.5 Å². The van der Waals surface area contributed by atoms with E-state index < -0.39 is 16.6 Å². The second-order valence-electron chi connectivity index (χ2n) is 4.39. The van der Waals surface area contributed by atoms with Gasteiger partial charge in [0.15, 0.2) is 5.79 Å². The summed E-state index contributed by atoms with van der Waals surface area (Å²) in [5, 5.41) is 0. The zero-order valence-electron chi connectivity index (χ0n) is 8.28. The molecule has 1 unspecified atom stereocenters. The maximum absolute atomic E-state index is 11.4. The molecule has 0 aliphatic carbocycles. The molecule has 2 rings (SSSR count). The Balaban J connectivity index is 2.14. The fourth-order valence-corrected chi connectivity index (χ4v) is 3.65. The Kier molecular flexibility index (Phi) is 2.25. The van der Waals surface area contributed by atoms with Crippen LogP contribution in [-0.4, -0.2) is 33.7 Å². The highest BCUT2D eigenvalue weighted by molar-refractivity contribution is 7.85. The largest absolute Gasteiger partial charge is 0.344 e. The first-order valence-corrected chi connectivity index (χ1v) is 6.17. The Bertz CT molecular complexity index is 239. The molecule has 0 amide bonds. The van der Waals surface area contributed by atoms with Crippen LogP contribution in [0.2, 0.25) is 0 Å². The predicted octanol–water partition coefficient (Wildman–Crippen LogP) is 0.905. The molecule has 0 radical (unpaired) electrons. The molecule has 2 aliphatic heterocycles. The zero-order valence-corrected chi connectivity index (χ0v) is 9.10. The Morgan fingerprint density at radius 3 is 2.69 bits per heavy atom. The molecular weight excluding hydrogens is 188 g/mol. The van der Waals surface area contributed by atoms with Gasteiger partial charge in [-0.05, 0) is 19.8 Å². The van der Waals surface area contributed by atoms with Gasteiger partial charge in [0.05, 0.1) is 18.0 Å². The maximum Gasteiger partial charge on any atom is 0.163 e. The molecule has 0 aromatic carbocycles. The fourth-order valence-electron chi connectivity index (χ4n) is 2.11. The van der Waals surface area contributed by atoms with Crippen molar-refractivity contribution in [2.45, 2.75) is 38.8 Å². The minimum Gasteiger partial charge on any atom is -0.344 e. The van der Waals surface area contributed by atoms with Crippen molar-refractivity contribution in [3.63, 3.8) is 0 Å². The van der Waals surface area contributed by atoms with E-state index in [1.54, 1.807) is 0 Å². The molecule has 3 nitrogen and oxygen atoms in total. The van der Waals surface area contributed by atoms with Gasteiger partial charge >= 0.3 is 0 Å². The lowest BCUT2D eigenvalue weighted by molar-refractivity contribution is -0.147. The van der Waals surface area contributed by atoms with E-state index in [2.05, 4.69) is 6.92 Å². The first kappa shape index (κ1) is 9.62. The SMILES string of the molecule is C[C@@H]1CS(=O)C[C@@H]2OC(C)(C)O[C@H]12. The summed E-state index contributed by atoms with van der Waals surface area (Å²) in [6.07, 6.45) is 0.187. The van der Waals surface area contributed by atoms with Gasteiger partial charge in [-0.15, -0.1) is 0 Å². The van der Waals surface area contributed by atoms with Crippen LogP contribution in [0.4, 0.5) is 0 Å². The summed E-state index contributed by atoms with van der Waals surface area (Å²) < 4.78 is 22.8. The van der Waals surface area contributed by atoms with E-state index in [9.17, 15) is 4.21 Å². The van der Waals surface area contributed by atoms with E-state index in [0.29, 0.717) is 11.7 Å². The zero-order chi connectivity index (χ0) is 9.64. The summed E-state index contributed by atoms with van der Waals surface area (Å²) in [5.41, 5.74) is 0. The van der Waals surface area contributed by atoms with Gasteiger partial charge in [0.25, 0.3) is 0 Å². The summed E-state index contributed by atoms with van der Waals surface area (Å²) >= 11 is 0. The highest BCUT2D eigenvalue weighted by Gasteiger charge is 2.47. The van der Waals surface area contributed by atoms with Gasteiger partial charge in [-0.2, -0.15) is 0 Å². The molecule has 0 aromatic heterocycles. The van der Waals surface area contributed by atoms with E-state index >= 15 is 0 Å². The Labute approximate surface area is 81.2 Å². The van der Waals surface area contributed by atoms with Crippen molar-refractivity contribution < 1.29 is 13.7 Å². The predicted molar refractivity (Wildman–Crippen MR) is 50.9 cm³/mol. The van der Waals surface area contributed by atoms with E-state index in [1.807, 2.05) is 13.8 Å². The molecule has 2 aliphatic rings. The van der Waals surface area contributed by atoms with Crippen molar-refractivity contribution in [2.24, 2.45) is 5.92 Å². The Morgan fingerprint density at radius 2 is 2.00 bits per heavy atom. The molecule has 2 fully saturated rings. The maximum atomic E-state index is 11.4. The minimum atomic E-state index is -0.719. The lowest BCUT2D eigenvalue weighted by Gasteiger charge is -2.27. The van der Waals surface area contributed by atoms with Crippen molar-refractivity contribution >= 4 is 10.8 Å². The van der Waals surface area contributed by atoms with Gasteiger partial charge in [0, 0.05) is 16.6 Å². The highest BCUT2D eigenvalue weighted by atomic mass is 32.2. The summed E-state index contributed by atoms with van der Waals surface area (Å²) in [6.45, 7) is 5.92. The van der Waals surface area contributed by atoms with Crippen LogP contribution in [0.5, 0.6) is 0 Å². The molecule has 0 saturated carbocycles. The van der Waals surface area contributed by atoms with Gasteiger partial charge < -0.3 is 9.47 Å². The third-order valence-electron chi connectivity index (χ3n) is 2.58. The third-order valence-corrected chi connectivity index (χ3v) is 4.18. The van der Waals surface area contributed by atoms with Crippen molar-refractivity contribution in [3.05, 3.63) is 0 Å². The lowest BCUT2D eigenvalue weighted by Crippen LogP contribution is -2.41. The molecule has 0 N–H and O–H groups in total. The van der Waals surface area contributed by atoms with Gasteiger partial charge in [0.2, 0.25) is 0 Å². The molecule has 4 heteroatoms. The first-order chi connectivity index (χ1) is 5.98. The normalized spacial score (nSPS) is 48.8. The molecule has 4 atom stereocenters. The van der Waals surface area contributed by atoms with Crippen LogP contribution in [0.25, 0.3) is 0 Å². The molecule has 2 saturated heterocycles. The third kappa shape index (κ3) is 1.80.